The molecule has 8 aromatic rings. The predicted molar refractivity (Wildman–Crippen MR) is 167 cm³/mol. The fraction of sp³-hybridized carbons (Fsp3) is 0.0625. The van der Waals surface area contributed by atoms with E-state index in [4.69, 9.17) is 0 Å². The molecule has 2 aromatic carbocycles. The van der Waals surface area contributed by atoms with Gasteiger partial charge in [0.15, 0.2) is 0 Å². The van der Waals surface area contributed by atoms with Crippen LogP contribution in [0.3, 0.4) is 0 Å². The fourth-order valence-corrected chi connectivity index (χ4v) is 4.61. The summed E-state index contributed by atoms with van der Waals surface area (Å²) in [7, 11) is 0. The smallest absolute Gasteiger partial charge is 0.253 e. The number of nitrogens with zero attached hydrogens (tertiary/aromatic N) is 14. The Morgan fingerprint density at radius 3 is 1.56 bits per heavy atom. The van der Waals surface area contributed by atoms with Gasteiger partial charge in [0.2, 0.25) is 11.6 Å². The van der Waals surface area contributed by atoms with Crippen molar-refractivity contribution in [1.29, 1.82) is 0 Å². The first kappa shape index (κ1) is 29.8. The molecule has 0 saturated carbocycles. The molecule has 236 valence electrons. The van der Waals surface area contributed by atoms with E-state index in [1.54, 1.807) is 82.9 Å². The molecule has 0 aliphatic heterocycles. The molecule has 0 aliphatic rings. The van der Waals surface area contributed by atoms with Crippen molar-refractivity contribution in [3.63, 3.8) is 0 Å². The molecule has 0 bridgehead atoms. The molecule has 0 spiro atoms. The highest BCUT2D eigenvalue weighted by atomic mass is 19.1. The first-order valence-corrected chi connectivity index (χ1v) is 14.5. The summed E-state index contributed by atoms with van der Waals surface area (Å²) in [6.45, 7) is 0.436. The molecule has 6 heterocycles. The largest absolute Gasteiger partial charge is 0.268 e. The van der Waals surface area contributed by atoms with Gasteiger partial charge in [-0.05, 0) is 36.4 Å². The summed E-state index contributed by atoms with van der Waals surface area (Å²) in [5.74, 6) is 1.11. The number of hydrogen-bond acceptors (Lipinski definition) is 10. The van der Waals surface area contributed by atoms with Gasteiger partial charge in [-0.3, -0.25) is 9.97 Å². The van der Waals surface area contributed by atoms with Crippen LogP contribution in [0, 0.1) is 11.6 Å². The molecule has 0 amide bonds. The Bertz CT molecular complexity index is 2050. The molecule has 0 radical (unpaired) electrons. The van der Waals surface area contributed by atoms with Gasteiger partial charge in [-0.1, -0.05) is 53.7 Å². The van der Waals surface area contributed by atoms with Gasteiger partial charge in [-0.25, -0.2) is 18.1 Å². The van der Waals surface area contributed by atoms with E-state index in [-0.39, 0.29) is 24.7 Å². The zero-order valence-corrected chi connectivity index (χ0v) is 25.0. The molecular weight excluding hydrogens is 618 g/mol. The lowest BCUT2D eigenvalue weighted by Crippen LogP contribution is -2.12. The molecule has 0 aliphatic carbocycles. The summed E-state index contributed by atoms with van der Waals surface area (Å²) in [6.07, 6.45) is 9.62. The molecule has 48 heavy (non-hydrogen) atoms. The van der Waals surface area contributed by atoms with E-state index in [2.05, 4.69) is 50.6 Å². The third-order valence-electron chi connectivity index (χ3n) is 6.87. The third-order valence-corrected chi connectivity index (χ3v) is 6.87. The van der Waals surface area contributed by atoms with E-state index in [1.165, 1.54) is 21.6 Å². The van der Waals surface area contributed by atoms with Gasteiger partial charge in [0, 0.05) is 23.5 Å². The van der Waals surface area contributed by atoms with E-state index >= 15 is 0 Å². The lowest BCUT2D eigenvalue weighted by molar-refractivity contribution is 0.564. The lowest BCUT2D eigenvalue weighted by Gasteiger charge is -2.06. The fourth-order valence-electron chi connectivity index (χ4n) is 4.61. The number of benzene rings is 2. The summed E-state index contributed by atoms with van der Waals surface area (Å²) in [4.78, 5) is 18.8. The van der Waals surface area contributed by atoms with Crippen molar-refractivity contribution >= 4 is 0 Å². The van der Waals surface area contributed by atoms with Crippen LogP contribution in [0.1, 0.15) is 11.1 Å². The lowest BCUT2D eigenvalue weighted by atomic mass is 10.2. The standard InChI is InChI=1S/2C16H12FN7/c17-13-6-2-1-5-12(13)11-24-16(23-10-9-19-22-23)20-15(21-24)14-7-3-4-8-18-14;17-13-6-2-1-5-12(13)11-23-16(24-19-9-10-20-24)21-15(22-23)14-7-3-4-8-18-14/h2*1-10H,11H2. The van der Waals surface area contributed by atoms with Crippen LogP contribution in [0.25, 0.3) is 34.9 Å². The third kappa shape index (κ3) is 6.57. The van der Waals surface area contributed by atoms with Gasteiger partial charge in [0.05, 0.1) is 37.9 Å². The molecule has 0 unspecified atom stereocenters. The van der Waals surface area contributed by atoms with Crippen molar-refractivity contribution in [2.24, 2.45) is 0 Å². The van der Waals surface area contributed by atoms with E-state index in [1.807, 2.05) is 36.4 Å². The molecule has 0 atom stereocenters. The quantitative estimate of drug-likeness (QED) is 0.236. The highest BCUT2D eigenvalue weighted by Gasteiger charge is 2.18. The van der Waals surface area contributed by atoms with Gasteiger partial charge in [0.25, 0.3) is 11.9 Å². The monoisotopic (exact) mass is 642 g/mol. The van der Waals surface area contributed by atoms with Crippen LogP contribution in [-0.4, -0.2) is 69.5 Å². The normalized spacial score (nSPS) is 10.9. The van der Waals surface area contributed by atoms with Gasteiger partial charge >= 0.3 is 0 Å². The van der Waals surface area contributed by atoms with Crippen molar-refractivity contribution in [1.82, 2.24) is 69.5 Å². The van der Waals surface area contributed by atoms with Gasteiger partial charge < -0.3 is 0 Å². The Hall–Kier alpha value is -6.84. The Morgan fingerprint density at radius 1 is 0.542 bits per heavy atom. The van der Waals surface area contributed by atoms with Crippen molar-refractivity contribution in [2.75, 3.05) is 0 Å². The van der Waals surface area contributed by atoms with E-state index in [9.17, 15) is 8.78 Å². The Labute approximate surface area is 271 Å². The zero-order valence-electron chi connectivity index (χ0n) is 25.0. The van der Waals surface area contributed by atoms with Crippen LogP contribution < -0.4 is 0 Å². The average Bonchev–Trinajstić information content (AvgIpc) is 3.96. The summed E-state index contributed by atoms with van der Waals surface area (Å²) >= 11 is 0. The molecule has 16 heteroatoms. The molecule has 0 saturated heterocycles. The Kier molecular flexibility index (Phi) is 8.49. The SMILES string of the molecule is Fc1ccccc1Cn1nc(-c2ccccn2)nc1-n1ccnn1.Fc1ccccc1Cn1nc(-c2ccccn2)nc1-n1nccn1. The van der Waals surface area contributed by atoms with Crippen LogP contribution in [0.4, 0.5) is 8.78 Å². The first-order valence-electron chi connectivity index (χ1n) is 14.5. The second kappa shape index (κ2) is 13.7. The molecule has 8 rings (SSSR count). The molecule has 0 N–H and O–H groups in total. The maximum absolute atomic E-state index is 14.0. The highest BCUT2D eigenvalue weighted by Crippen LogP contribution is 2.18. The predicted octanol–water partition coefficient (Wildman–Crippen LogP) is 4.22. The minimum atomic E-state index is -0.299. The Balaban J connectivity index is 0.000000152. The maximum atomic E-state index is 14.0. The van der Waals surface area contributed by atoms with Crippen LogP contribution in [0.15, 0.2) is 122 Å². The average molecular weight is 643 g/mol. The van der Waals surface area contributed by atoms with Crippen molar-refractivity contribution in [3.8, 4) is 34.9 Å². The summed E-state index contributed by atoms with van der Waals surface area (Å²) in [6, 6.07) is 24.1. The number of rotatable bonds is 8. The summed E-state index contributed by atoms with van der Waals surface area (Å²) in [5.41, 5.74) is 2.27. The molecular formula is C32H24F2N14. The number of hydrogen-bond donors (Lipinski definition) is 0. The Morgan fingerprint density at radius 2 is 1.06 bits per heavy atom. The van der Waals surface area contributed by atoms with Gasteiger partial charge in [-0.2, -0.15) is 24.8 Å². The number of halogens is 2. The minimum absolute atomic E-state index is 0.212. The van der Waals surface area contributed by atoms with E-state index in [0.29, 0.717) is 46.1 Å². The maximum Gasteiger partial charge on any atom is 0.268 e. The summed E-state index contributed by atoms with van der Waals surface area (Å²) in [5, 5.41) is 24.8. The molecule has 6 aromatic heterocycles. The zero-order chi connectivity index (χ0) is 32.7. The van der Waals surface area contributed by atoms with Gasteiger partial charge in [-0.15, -0.1) is 20.1 Å². The molecule has 14 nitrogen and oxygen atoms in total. The minimum Gasteiger partial charge on any atom is -0.253 e. The van der Waals surface area contributed by atoms with Crippen molar-refractivity contribution < 1.29 is 8.78 Å². The van der Waals surface area contributed by atoms with Gasteiger partial charge in [0.1, 0.15) is 23.0 Å². The first-order chi connectivity index (χ1) is 23.6. The van der Waals surface area contributed by atoms with Crippen molar-refractivity contribution in [3.05, 3.63) is 145 Å². The van der Waals surface area contributed by atoms with Crippen LogP contribution in [-0.2, 0) is 13.1 Å². The second-order valence-corrected chi connectivity index (χ2v) is 10.1. The van der Waals surface area contributed by atoms with Crippen LogP contribution >= 0.6 is 0 Å². The number of aromatic nitrogens is 14. The number of pyridine rings is 2. The topological polar surface area (TPSA) is 149 Å². The second-order valence-electron chi connectivity index (χ2n) is 10.1. The van der Waals surface area contributed by atoms with Crippen LogP contribution in [0.5, 0.6) is 0 Å². The van der Waals surface area contributed by atoms with E-state index < -0.39 is 0 Å². The van der Waals surface area contributed by atoms with E-state index in [0.717, 1.165) is 0 Å². The van der Waals surface area contributed by atoms with Crippen LogP contribution in [0.2, 0.25) is 0 Å². The molecule has 0 fully saturated rings. The highest BCUT2D eigenvalue weighted by molar-refractivity contribution is 5.50. The summed E-state index contributed by atoms with van der Waals surface area (Å²) < 4.78 is 32.6. The van der Waals surface area contributed by atoms with Crippen molar-refractivity contribution in [2.45, 2.75) is 13.1 Å².